The Labute approximate surface area is 146 Å². The van der Waals surface area contributed by atoms with Gasteiger partial charge in [-0.15, -0.1) is 11.3 Å². The third-order valence-electron chi connectivity index (χ3n) is 4.00. The third kappa shape index (κ3) is 3.45. The van der Waals surface area contributed by atoms with E-state index in [1.165, 1.54) is 11.3 Å². The van der Waals surface area contributed by atoms with Gasteiger partial charge in [-0.1, -0.05) is 24.3 Å². The van der Waals surface area contributed by atoms with Crippen molar-refractivity contribution in [2.24, 2.45) is 0 Å². The van der Waals surface area contributed by atoms with Crippen LogP contribution in [0.4, 0.5) is 0 Å². The van der Waals surface area contributed by atoms with Crippen molar-refractivity contribution in [3.05, 3.63) is 70.9 Å². The molecule has 126 valence electrons. The molecule has 3 rings (SSSR count). The number of nitrogens with zero attached hydrogens (tertiary/aromatic N) is 1. The van der Waals surface area contributed by atoms with Crippen molar-refractivity contribution in [3.63, 3.8) is 0 Å². The highest BCUT2D eigenvalue weighted by molar-refractivity contribution is 7.91. The zero-order valence-corrected chi connectivity index (χ0v) is 15.3. The Hall–Kier alpha value is -1.89. The normalized spacial score (nSPS) is 11.8. The minimum atomic E-state index is -3.39. The molecule has 2 aromatic heterocycles. The summed E-state index contributed by atoms with van der Waals surface area (Å²) in [5.74, 6) is 0. The minimum absolute atomic E-state index is 0.359. The molecule has 4 nitrogen and oxygen atoms in total. The van der Waals surface area contributed by atoms with Gasteiger partial charge in [-0.2, -0.15) is 0 Å². The number of hydrogen-bond acceptors (Lipinski definition) is 3. The standard InChI is InChI=1S/C18H20N2O2S2/c1-14-13-16(15(2)20(14)17-7-4-3-5-8-17)10-11-19-24(21,22)18-9-6-12-23-18/h3-9,12-13,19H,10-11H2,1-2H3. The maximum atomic E-state index is 12.2. The van der Waals surface area contributed by atoms with Crippen molar-refractivity contribution < 1.29 is 8.42 Å². The maximum absolute atomic E-state index is 12.2. The molecule has 0 amide bonds. The number of para-hydroxylation sites is 1. The Kier molecular flexibility index (Phi) is 4.89. The van der Waals surface area contributed by atoms with Crippen LogP contribution in [0.2, 0.25) is 0 Å². The van der Waals surface area contributed by atoms with Crippen LogP contribution >= 0.6 is 11.3 Å². The highest BCUT2D eigenvalue weighted by Gasteiger charge is 2.15. The fourth-order valence-electron chi connectivity index (χ4n) is 2.86. The summed E-state index contributed by atoms with van der Waals surface area (Å²) in [6.45, 7) is 4.53. The molecule has 0 aliphatic heterocycles. The fourth-order valence-corrected chi connectivity index (χ4v) is 4.93. The van der Waals surface area contributed by atoms with E-state index in [-0.39, 0.29) is 0 Å². The van der Waals surface area contributed by atoms with Crippen LogP contribution in [0.15, 0.2) is 58.1 Å². The van der Waals surface area contributed by atoms with Crippen LogP contribution in [0.5, 0.6) is 0 Å². The third-order valence-corrected chi connectivity index (χ3v) is 6.86. The van der Waals surface area contributed by atoms with E-state index in [4.69, 9.17) is 0 Å². The van der Waals surface area contributed by atoms with Gasteiger partial charge in [0.15, 0.2) is 0 Å². The second kappa shape index (κ2) is 6.93. The van der Waals surface area contributed by atoms with Gasteiger partial charge in [0.05, 0.1) is 0 Å². The monoisotopic (exact) mass is 360 g/mol. The lowest BCUT2D eigenvalue weighted by Gasteiger charge is -2.10. The van der Waals surface area contributed by atoms with Crippen LogP contribution in [0.3, 0.4) is 0 Å². The molecule has 0 atom stereocenters. The van der Waals surface area contributed by atoms with Crippen molar-refractivity contribution in [1.82, 2.24) is 9.29 Å². The second-order valence-corrected chi connectivity index (χ2v) is 8.59. The van der Waals surface area contributed by atoms with Crippen LogP contribution < -0.4 is 4.72 Å². The van der Waals surface area contributed by atoms with E-state index in [0.717, 1.165) is 22.6 Å². The SMILES string of the molecule is Cc1cc(CCNS(=O)(=O)c2cccs2)c(C)n1-c1ccccc1. The van der Waals surface area contributed by atoms with Crippen LogP contribution in [0, 0.1) is 13.8 Å². The summed E-state index contributed by atoms with van der Waals surface area (Å²) in [5, 5.41) is 1.77. The summed E-state index contributed by atoms with van der Waals surface area (Å²) >= 11 is 1.23. The Morgan fingerprint density at radius 3 is 2.50 bits per heavy atom. The molecule has 1 aromatic carbocycles. The summed E-state index contributed by atoms with van der Waals surface area (Å²) in [6, 6.07) is 15.7. The molecule has 2 heterocycles. The number of aryl methyl sites for hydroxylation is 1. The lowest BCUT2D eigenvalue weighted by molar-refractivity contribution is 0.583. The molecule has 0 fully saturated rings. The van der Waals surface area contributed by atoms with E-state index in [9.17, 15) is 8.42 Å². The molecule has 0 saturated heterocycles. The van der Waals surface area contributed by atoms with Crippen LogP contribution in [0.1, 0.15) is 17.0 Å². The second-order valence-electron chi connectivity index (χ2n) is 5.65. The number of sulfonamides is 1. The first-order valence-electron chi connectivity index (χ1n) is 7.75. The molecule has 0 aliphatic carbocycles. The van der Waals surface area contributed by atoms with Gasteiger partial charge in [0.1, 0.15) is 4.21 Å². The van der Waals surface area contributed by atoms with Crippen molar-refractivity contribution in [2.45, 2.75) is 24.5 Å². The number of thiophene rings is 1. The topological polar surface area (TPSA) is 51.1 Å². The highest BCUT2D eigenvalue weighted by Crippen LogP contribution is 2.21. The molecular weight excluding hydrogens is 340 g/mol. The first kappa shape index (κ1) is 17.0. The van der Waals surface area contributed by atoms with Crippen LogP contribution in [-0.4, -0.2) is 19.5 Å². The van der Waals surface area contributed by atoms with E-state index < -0.39 is 10.0 Å². The Morgan fingerprint density at radius 1 is 1.08 bits per heavy atom. The molecule has 0 saturated carbocycles. The van der Waals surface area contributed by atoms with Crippen molar-refractivity contribution in [3.8, 4) is 5.69 Å². The van der Waals surface area contributed by atoms with E-state index in [1.54, 1.807) is 17.5 Å². The summed E-state index contributed by atoms with van der Waals surface area (Å²) in [7, 11) is -3.39. The lowest BCUT2D eigenvalue weighted by Crippen LogP contribution is -2.25. The minimum Gasteiger partial charge on any atom is -0.318 e. The van der Waals surface area contributed by atoms with E-state index in [1.807, 2.05) is 18.2 Å². The number of aromatic nitrogens is 1. The summed E-state index contributed by atoms with van der Waals surface area (Å²) in [4.78, 5) is 0. The summed E-state index contributed by atoms with van der Waals surface area (Å²) in [5.41, 5.74) is 4.58. The van der Waals surface area contributed by atoms with Crippen molar-refractivity contribution in [2.75, 3.05) is 6.54 Å². The largest absolute Gasteiger partial charge is 0.318 e. The number of hydrogen-bond donors (Lipinski definition) is 1. The predicted molar refractivity (Wildman–Crippen MR) is 98.5 cm³/mol. The molecule has 0 unspecified atom stereocenters. The average Bonchev–Trinajstić information content (AvgIpc) is 3.18. The van der Waals surface area contributed by atoms with E-state index >= 15 is 0 Å². The summed E-state index contributed by atoms with van der Waals surface area (Å²) in [6.07, 6.45) is 0.664. The number of benzene rings is 1. The molecule has 6 heteroatoms. The zero-order valence-electron chi connectivity index (χ0n) is 13.7. The van der Waals surface area contributed by atoms with Crippen molar-refractivity contribution in [1.29, 1.82) is 0 Å². The highest BCUT2D eigenvalue weighted by atomic mass is 32.2. The molecule has 0 radical (unpaired) electrons. The molecule has 0 bridgehead atoms. The van der Waals surface area contributed by atoms with E-state index in [0.29, 0.717) is 17.2 Å². The van der Waals surface area contributed by atoms with E-state index in [2.05, 4.69) is 41.3 Å². The molecule has 0 spiro atoms. The van der Waals surface area contributed by atoms with Gasteiger partial charge >= 0.3 is 0 Å². The Bertz CT molecular complexity index is 912. The first-order valence-corrected chi connectivity index (χ1v) is 10.1. The molecular formula is C18H20N2O2S2. The number of nitrogens with one attached hydrogen (secondary N) is 1. The van der Waals surface area contributed by atoms with Crippen LogP contribution in [-0.2, 0) is 16.4 Å². The Morgan fingerprint density at radius 2 is 1.83 bits per heavy atom. The van der Waals surface area contributed by atoms with Gasteiger partial charge in [-0.3, -0.25) is 0 Å². The Balaban J connectivity index is 1.73. The quantitative estimate of drug-likeness (QED) is 0.729. The summed E-state index contributed by atoms with van der Waals surface area (Å²) < 4.78 is 29.5. The van der Waals surface area contributed by atoms with Crippen molar-refractivity contribution >= 4 is 21.4 Å². The van der Waals surface area contributed by atoms with Gasteiger partial charge in [-0.25, -0.2) is 13.1 Å². The molecule has 0 aliphatic rings. The van der Waals surface area contributed by atoms with Crippen LogP contribution in [0.25, 0.3) is 5.69 Å². The van der Waals surface area contributed by atoms with Gasteiger partial charge in [0.2, 0.25) is 10.0 Å². The van der Waals surface area contributed by atoms with Gasteiger partial charge < -0.3 is 4.57 Å². The first-order chi connectivity index (χ1) is 11.5. The lowest BCUT2D eigenvalue weighted by atomic mass is 10.2. The van der Waals surface area contributed by atoms with Gasteiger partial charge in [0, 0.05) is 23.6 Å². The molecule has 3 aromatic rings. The molecule has 1 N–H and O–H groups in total. The van der Waals surface area contributed by atoms with Gasteiger partial charge in [0.25, 0.3) is 0 Å². The van der Waals surface area contributed by atoms with Gasteiger partial charge in [-0.05, 0) is 55.5 Å². The predicted octanol–water partition coefficient (Wildman–Crippen LogP) is 3.68. The maximum Gasteiger partial charge on any atom is 0.250 e. The molecule has 24 heavy (non-hydrogen) atoms. The smallest absolute Gasteiger partial charge is 0.250 e. The zero-order chi connectivity index (χ0) is 17.2. The number of rotatable bonds is 6. The fraction of sp³-hybridized carbons (Fsp3) is 0.222. The average molecular weight is 361 g/mol.